The van der Waals surface area contributed by atoms with Gasteiger partial charge < -0.3 is 19.8 Å². The Morgan fingerprint density at radius 2 is 2.07 bits per heavy atom. The van der Waals surface area contributed by atoms with Crippen LogP contribution in [0.25, 0.3) is 33.7 Å². The maximum Gasteiger partial charge on any atom is 0.287 e. The summed E-state index contributed by atoms with van der Waals surface area (Å²) in [6.45, 7) is 3.89. The molecule has 0 bridgehead atoms. The van der Waals surface area contributed by atoms with Crippen LogP contribution in [0, 0.1) is 13.8 Å². The number of carbonyl (C=O) groups is 1. The minimum Gasteiger partial charge on any atom is -0.351 e. The lowest BCUT2D eigenvalue weighted by atomic mass is 10.1. The summed E-state index contributed by atoms with van der Waals surface area (Å²) in [7, 11) is 0. The third-order valence-corrected chi connectivity index (χ3v) is 4.63. The van der Waals surface area contributed by atoms with Crippen molar-refractivity contribution in [1.29, 1.82) is 0 Å². The van der Waals surface area contributed by atoms with Crippen molar-refractivity contribution in [1.82, 2.24) is 45.6 Å². The zero-order valence-electron chi connectivity index (χ0n) is 16.1. The number of benzene rings is 1. The van der Waals surface area contributed by atoms with Crippen LogP contribution in [0.3, 0.4) is 0 Å². The predicted molar refractivity (Wildman–Crippen MR) is 106 cm³/mol. The Morgan fingerprint density at radius 1 is 1.17 bits per heavy atom. The molecule has 1 amide bonds. The molecule has 150 valence electrons. The van der Waals surface area contributed by atoms with Crippen LogP contribution < -0.4 is 5.32 Å². The number of amides is 1. The predicted octanol–water partition coefficient (Wildman–Crippen LogP) is 2.27. The van der Waals surface area contributed by atoms with Crippen LogP contribution in [-0.4, -0.2) is 46.2 Å². The molecule has 11 nitrogen and oxygen atoms in total. The van der Waals surface area contributed by atoms with Crippen LogP contribution in [0.15, 0.2) is 35.1 Å². The normalized spacial score (nSPS) is 11.3. The molecule has 0 aliphatic carbocycles. The highest BCUT2D eigenvalue weighted by Crippen LogP contribution is 2.28. The Morgan fingerprint density at radius 3 is 2.83 bits per heavy atom. The second-order valence-electron chi connectivity index (χ2n) is 6.81. The van der Waals surface area contributed by atoms with Crippen molar-refractivity contribution in [2.24, 2.45) is 0 Å². The molecular weight excluding hydrogens is 386 g/mol. The molecule has 4 N–H and O–H groups in total. The average molecular weight is 403 g/mol. The molecule has 4 heterocycles. The first-order valence-electron chi connectivity index (χ1n) is 9.19. The van der Waals surface area contributed by atoms with E-state index in [2.05, 4.69) is 45.6 Å². The van der Waals surface area contributed by atoms with Gasteiger partial charge in [0.2, 0.25) is 0 Å². The van der Waals surface area contributed by atoms with Crippen LogP contribution in [0.4, 0.5) is 0 Å². The summed E-state index contributed by atoms with van der Waals surface area (Å²) in [4.78, 5) is 31.4. The van der Waals surface area contributed by atoms with Gasteiger partial charge in [-0.2, -0.15) is 10.1 Å². The number of aromatic nitrogens is 8. The van der Waals surface area contributed by atoms with Crippen molar-refractivity contribution in [2.45, 2.75) is 20.4 Å². The molecule has 0 aliphatic heterocycles. The molecule has 0 aliphatic rings. The standard InChI is InChI=1S/C19H17N9O2/c1-9-16(26-17(23-9)18(29)20-7-15-21-8-22-27-15)11-3-4-13-12(5-11)6-14(25-13)19-24-10(2)28-30-19/h3-6,8,25H,7H2,1-2H3,(H,20,29)(H,23,26)(H,21,22,27). The molecular formula is C19H17N9O2. The average Bonchev–Trinajstić information content (AvgIpc) is 3.51. The molecule has 4 aromatic heterocycles. The summed E-state index contributed by atoms with van der Waals surface area (Å²) in [5.41, 5.74) is 4.06. The smallest absolute Gasteiger partial charge is 0.287 e. The molecule has 0 saturated heterocycles. The Balaban J connectivity index is 1.41. The van der Waals surface area contributed by atoms with Gasteiger partial charge in [-0.3, -0.25) is 9.89 Å². The highest BCUT2D eigenvalue weighted by atomic mass is 16.5. The third-order valence-electron chi connectivity index (χ3n) is 4.63. The minimum absolute atomic E-state index is 0.234. The van der Waals surface area contributed by atoms with Gasteiger partial charge in [-0.15, -0.1) is 0 Å². The molecule has 0 radical (unpaired) electrons. The van der Waals surface area contributed by atoms with E-state index >= 15 is 0 Å². The van der Waals surface area contributed by atoms with Gasteiger partial charge in [0, 0.05) is 22.2 Å². The molecule has 5 rings (SSSR count). The van der Waals surface area contributed by atoms with Crippen molar-refractivity contribution >= 4 is 16.8 Å². The summed E-state index contributed by atoms with van der Waals surface area (Å²) in [6, 6.07) is 7.84. The fourth-order valence-electron chi connectivity index (χ4n) is 3.21. The van der Waals surface area contributed by atoms with Crippen molar-refractivity contribution in [3.63, 3.8) is 0 Å². The van der Waals surface area contributed by atoms with Crippen molar-refractivity contribution in [3.05, 3.63) is 53.8 Å². The lowest BCUT2D eigenvalue weighted by molar-refractivity contribution is 0.0940. The second kappa shape index (κ2) is 6.95. The van der Waals surface area contributed by atoms with Gasteiger partial charge in [0.1, 0.15) is 17.8 Å². The van der Waals surface area contributed by atoms with Crippen molar-refractivity contribution in [3.8, 4) is 22.8 Å². The fraction of sp³-hybridized carbons (Fsp3) is 0.158. The maximum absolute atomic E-state index is 12.4. The molecule has 1 aromatic carbocycles. The van der Waals surface area contributed by atoms with Gasteiger partial charge in [-0.25, -0.2) is 9.97 Å². The molecule has 0 unspecified atom stereocenters. The van der Waals surface area contributed by atoms with Crippen LogP contribution in [-0.2, 0) is 6.54 Å². The number of hydrogen-bond donors (Lipinski definition) is 4. The van der Waals surface area contributed by atoms with E-state index in [4.69, 9.17) is 4.52 Å². The zero-order chi connectivity index (χ0) is 20.7. The van der Waals surface area contributed by atoms with Gasteiger partial charge in [-0.05, 0) is 32.0 Å². The SMILES string of the molecule is Cc1noc(-c2cc3cc(-c4nc(C(=O)NCc5ncn[nH]5)[nH]c4C)ccc3[nH]2)n1. The van der Waals surface area contributed by atoms with E-state index in [0.717, 1.165) is 27.9 Å². The highest BCUT2D eigenvalue weighted by molar-refractivity contribution is 5.92. The van der Waals surface area contributed by atoms with Gasteiger partial charge in [0.05, 0.1) is 12.2 Å². The summed E-state index contributed by atoms with van der Waals surface area (Å²) in [5, 5.41) is 14.0. The first-order chi connectivity index (χ1) is 14.6. The highest BCUT2D eigenvalue weighted by Gasteiger charge is 2.16. The van der Waals surface area contributed by atoms with E-state index in [0.29, 0.717) is 23.2 Å². The Bertz CT molecular complexity index is 1340. The van der Waals surface area contributed by atoms with Crippen LogP contribution in [0.2, 0.25) is 0 Å². The zero-order valence-corrected chi connectivity index (χ0v) is 16.1. The topological polar surface area (TPSA) is 154 Å². The summed E-state index contributed by atoms with van der Waals surface area (Å²) < 4.78 is 5.23. The van der Waals surface area contributed by atoms with Crippen molar-refractivity contribution in [2.75, 3.05) is 0 Å². The molecule has 11 heteroatoms. The Hall–Kier alpha value is -4.28. The first-order valence-corrected chi connectivity index (χ1v) is 9.19. The van der Waals surface area contributed by atoms with E-state index in [1.165, 1.54) is 6.33 Å². The lowest BCUT2D eigenvalue weighted by Crippen LogP contribution is -2.24. The summed E-state index contributed by atoms with van der Waals surface area (Å²) in [6.07, 6.45) is 1.39. The van der Waals surface area contributed by atoms with Crippen molar-refractivity contribution < 1.29 is 9.32 Å². The number of hydrogen-bond acceptors (Lipinski definition) is 7. The molecule has 0 fully saturated rings. The van der Waals surface area contributed by atoms with Gasteiger partial charge in [0.25, 0.3) is 11.8 Å². The molecule has 0 spiro atoms. The number of nitrogens with zero attached hydrogens (tertiary/aromatic N) is 5. The number of fused-ring (bicyclic) bond motifs is 1. The molecule has 0 saturated carbocycles. The number of aryl methyl sites for hydroxylation is 2. The fourth-order valence-corrected chi connectivity index (χ4v) is 3.21. The number of aromatic amines is 3. The third kappa shape index (κ3) is 3.21. The number of nitrogens with one attached hydrogen (secondary N) is 4. The van der Waals surface area contributed by atoms with E-state index in [1.807, 2.05) is 31.2 Å². The minimum atomic E-state index is -0.322. The van der Waals surface area contributed by atoms with E-state index < -0.39 is 0 Å². The number of rotatable bonds is 5. The van der Waals surface area contributed by atoms with Crippen LogP contribution in [0.5, 0.6) is 0 Å². The van der Waals surface area contributed by atoms with Gasteiger partial charge in [-0.1, -0.05) is 11.2 Å². The maximum atomic E-state index is 12.4. The largest absolute Gasteiger partial charge is 0.351 e. The van der Waals surface area contributed by atoms with E-state index in [1.54, 1.807) is 6.92 Å². The number of carbonyl (C=O) groups excluding carboxylic acids is 1. The van der Waals surface area contributed by atoms with Crippen LogP contribution in [0.1, 0.15) is 28.0 Å². The summed E-state index contributed by atoms with van der Waals surface area (Å²) in [5.74, 6) is 1.49. The van der Waals surface area contributed by atoms with E-state index in [9.17, 15) is 4.79 Å². The summed E-state index contributed by atoms with van der Waals surface area (Å²) >= 11 is 0. The van der Waals surface area contributed by atoms with Gasteiger partial charge in [0.15, 0.2) is 11.6 Å². The second-order valence-corrected chi connectivity index (χ2v) is 6.81. The molecule has 5 aromatic rings. The Kier molecular flexibility index (Phi) is 4.12. The lowest BCUT2D eigenvalue weighted by Gasteiger charge is -2.00. The van der Waals surface area contributed by atoms with E-state index in [-0.39, 0.29) is 18.3 Å². The monoisotopic (exact) mass is 403 g/mol. The van der Waals surface area contributed by atoms with Crippen LogP contribution >= 0.6 is 0 Å². The quantitative estimate of drug-likeness (QED) is 0.351. The Labute approximate surface area is 169 Å². The first kappa shape index (κ1) is 17.8. The number of H-pyrrole nitrogens is 3. The molecule has 0 atom stereocenters. The number of imidazole rings is 1. The molecule has 30 heavy (non-hydrogen) atoms. The van der Waals surface area contributed by atoms with Gasteiger partial charge >= 0.3 is 0 Å².